The fraction of sp³-hybridized carbons (Fsp3) is 0.571. The Morgan fingerprint density at radius 2 is 1.84 bits per heavy atom. The van der Waals surface area contributed by atoms with Gasteiger partial charge in [-0.05, 0) is 45.1 Å². The third kappa shape index (κ3) is 10.2. The second-order valence-electron chi connectivity index (χ2n) is 7.48. The molecule has 1 heterocycles. The van der Waals surface area contributed by atoms with Crippen LogP contribution < -0.4 is 5.32 Å². The van der Waals surface area contributed by atoms with Gasteiger partial charge in [0.2, 0.25) is 5.91 Å². The summed E-state index contributed by atoms with van der Waals surface area (Å²) in [6, 6.07) is 7.69. The molecular formula is C21H32N2O8S. The number of hydrogen-bond donors (Lipinski definition) is 3. The predicted molar refractivity (Wildman–Crippen MR) is 118 cm³/mol. The van der Waals surface area contributed by atoms with Gasteiger partial charge >= 0.3 is 11.9 Å². The van der Waals surface area contributed by atoms with Crippen LogP contribution in [0.15, 0.2) is 30.3 Å². The first-order valence-corrected chi connectivity index (χ1v) is 12.2. The number of carbonyl (C=O) groups excluding carboxylic acids is 2. The van der Waals surface area contributed by atoms with E-state index >= 15 is 0 Å². The Labute approximate surface area is 188 Å². The maximum Gasteiger partial charge on any atom is 0.326 e. The molecule has 0 radical (unpaired) electrons. The van der Waals surface area contributed by atoms with Crippen molar-refractivity contribution in [1.29, 1.82) is 0 Å². The van der Waals surface area contributed by atoms with E-state index < -0.39 is 40.2 Å². The number of amides is 1. The molecule has 10 nitrogen and oxygen atoms in total. The molecule has 3 atom stereocenters. The quantitative estimate of drug-likeness (QED) is 0.355. The van der Waals surface area contributed by atoms with E-state index in [0.29, 0.717) is 38.5 Å². The molecule has 32 heavy (non-hydrogen) atoms. The second kappa shape index (κ2) is 13.1. The summed E-state index contributed by atoms with van der Waals surface area (Å²) in [6.45, 7) is 4.09. The number of ether oxygens (including phenoxy) is 1. The molecule has 3 N–H and O–H groups in total. The highest BCUT2D eigenvalue weighted by Crippen LogP contribution is 2.19. The number of carboxylic acids is 1. The summed E-state index contributed by atoms with van der Waals surface area (Å²) in [5.41, 5.74) is 1.10. The van der Waals surface area contributed by atoms with Crippen molar-refractivity contribution in [2.24, 2.45) is 0 Å². The lowest BCUT2D eigenvalue weighted by Crippen LogP contribution is -2.53. The van der Waals surface area contributed by atoms with E-state index in [-0.39, 0.29) is 12.5 Å². The van der Waals surface area contributed by atoms with Crippen molar-refractivity contribution in [2.75, 3.05) is 19.4 Å². The second-order valence-corrected chi connectivity index (χ2v) is 8.94. The standard InChI is InChI=1S/C20H28N2O5.CH4O3S/c1-3-27-20(26)16(12-11-15-8-5-4-6-9-15)21-14(2)18(23)22-13-7-10-17(22)19(24)25;1-5(2,3)4/h4-6,8-9,14,16-17,21H,3,7,10-13H2,1-2H3,(H,24,25);1H3,(H,2,3,4)/t14-,16-,17-;/m0./s1. The van der Waals surface area contributed by atoms with Gasteiger partial charge in [-0.15, -0.1) is 0 Å². The third-order valence-electron chi connectivity index (χ3n) is 4.78. The highest BCUT2D eigenvalue weighted by Gasteiger charge is 2.36. The lowest BCUT2D eigenvalue weighted by Gasteiger charge is -2.27. The van der Waals surface area contributed by atoms with Gasteiger partial charge in [-0.2, -0.15) is 8.42 Å². The third-order valence-corrected chi connectivity index (χ3v) is 4.78. The lowest BCUT2D eigenvalue weighted by atomic mass is 10.0. The van der Waals surface area contributed by atoms with Crippen LogP contribution in [0, 0.1) is 0 Å². The van der Waals surface area contributed by atoms with Crippen LogP contribution >= 0.6 is 0 Å². The highest BCUT2D eigenvalue weighted by atomic mass is 32.2. The zero-order chi connectivity index (χ0) is 24.3. The van der Waals surface area contributed by atoms with Crippen molar-refractivity contribution in [3.63, 3.8) is 0 Å². The zero-order valence-electron chi connectivity index (χ0n) is 18.6. The summed E-state index contributed by atoms with van der Waals surface area (Å²) >= 11 is 0. The Balaban J connectivity index is 0.000000920. The summed E-state index contributed by atoms with van der Waals surface area (Å²) < 4.78 is 31.0. The Kier molecular flexibility index (Phi) is 11.3. The number of carboxylic acid groups (broad SMARTS) is 1. The molecule has 0 spiro atoms. The molecule has 1 aliphatic rings. The smallest absolute Gasteiger partial charge is 0.326 e. The molecule has 0 aliphatic carbocycles. The van der Waals surface area contributed by atoms with Gasteiger partial charge in [0.25, 0.3) is 10.1 Å². The molecule has 1 fully saturated rings. The van der Waals surface area contributed by atoms with Crippen LogP contribution in [0.5, 0.6) is 0 Å². The zero-order valence-corrected chi connectivity index (χ0v) is 19.4. The average molecular weight is 473 g/mol. The van der Waals surface area contributed by atoms with E-state index in [2.05, 4.69) is 5.32 Å². The number of aliphatic carboxylic acids is 1. The molecule has 180 valence electrons. The molecule has 0 saturated carbocycles. The van der Waals surface area contributed by atoms with Crippen molar-refractivity contribution in [3.05, 3.63) is 35.9 Å². The van der Waals surface area contributed by atoms with E-state index in [0.717, 1.165) is 5.56 Å². The van der Waals surface area contributed by atoms with Crippen LogP contribution in [0.3, 0.4) is 0 Å². The predicted octanol–water partition coefficient (Wildman–Crippen LogP) is 1.11. The number of likely N-dealkylation sites (tertiary alicyclic amines) is 1. The number of nitrogens with zero attached hydrogens (tertiary/aromatic N) is 1. The number of aryl methyl sites for hydroxylation is 1. The number of nitrogens with one attached hydrogen (secondary N) is 1. The van der Waals surface area contributed by atoms with Crippen molar-refractivity contribution in [1.82, 2.24) is 10.2 Å². The fourth-order valence-electron chi connectivity index (χ4n) is 3.38. The molecule has 11 heteroatoms. The maximum atomic E-state index is 12.7. The fourth-order valence-corrected chi connectivity index (χ4v) is 3.38. The molecule has 1 amide bonds. The monoisotopic (exact) mass is 472 g/mol. The molecule has 0 bridgehead atoms. The molecule has 0 unspecified atom stereocenters. The number of carbonyl (C=O) groups is 3. The summed E-state index contributed by atoms with van der Waals surface area (Å²) in [7, 11) is -3.67. The first-order valence-electron chi connectivity index (χ1n) is 10.4. The Bertz CT molecular complexity index is 852. The van der Waals surface area contributed by atoms with Crippen LogP contribution in [0.2, 0.25) is 0 Å². The van der Waals surface area contributed by atoms with E-state index in [1.807, 2.05) is 30.3 Å². The van der Waals surface area contributed by atoms with Gasteiger partial charge in [-0.3, -0.25) is 19.5 Å². The highest BCUT2D eigenvalue weighted by molar-refractivity contribution is 7.85. The normalized spacial score (nSPS) is 17.6. The number of hydrogen-bond acceptors (Lipinski definition) is 7. The minimum absolute atomic E-state index is 0.262. The summed E-state index contributed by atoms with van der Waals surface area (Å²) in [6.07, 6.45) is 3.00. The van der Waals surface area contributed by atoms with Gasteiger partial charge in [0.15, 0.2) is 0 Å². The Morgan fingerprint density at radius 1 is 1.25 bits per heavy atom. The number of esters is 1. The summed E-state index contributed by atoms with van der Waals surface area (Å²) in [4.78, 5) is 37.7. The van der Waals surface area contributed by atoms with E-state index in [4.69, 9.17) is 9.29 Å². The maximum absolute atomic E-state index is 12.7. The number of benzene rings is 1. The molecule has 0 aromatic heterocycles. The molecule has 1 aliphatic heterocycles. The van der Waals surface area contributed by atoms with Crippen molar-refractivity contribution < 1.29 is 37.2 Å². The largest absolute Gasteiger partial charge is 0.480 e. The molecule has 2 rings (SSSR count). The van der Waals surface area contributed by atoms with Crippen LogP contribution in [0.25, 0.3) is 0 Å². The Morgan fingerprint density at radius 3 is 2.38 bits per heavy atom. The van der Waals surface area contributed by atoms with Crippen molar-refractivity contribution in [3.8, 4) is 0 Å². The van der Waals surface area contributed by atoms with Crippen LogP contribution in [0.1, 0.15) is 38.7 Å². The average Bonchev–Trinajstić information content (AvgIpc) is 3.20. The molecule has 1 aromatic rings. The van der Waals surface area contributed by atoms with Gasteiger partial charge in [0.1, 0.15) is 12.1 Å². The molecular weight excluding hydrogens is 440 g/mol. The van der Waals surface area contributed by atoms with Gasteiger partial charge in [-0.25, -0.2) is 4.79 Å². The van der Waals surface area contributed by atoms with E-state index in [1.165, 1.54) is 4.90 Å². The van der Waals surface area contributed by atoms with Gasteiger partial charge < -0.3 is 14.7 Å². The lowest BCUT2D eigenvalue weighted by molar-refractivity contribution is -0.150. The van der Waals surface area contributed by atoms with Gasteiger partial charge in [-0.1, -0.05) is 30.3 Å². The first-order chi connectivity index (χ1) is 14.9. The first kappa shape index (κ1) is 27.5. The molecule has 1 aromatic carbocycles. The van der Waals surface area contributed by atoms with E-state index in [9.17, 15) is 27.9 Å². The minimum atomic E-state index is -3.67. The van der Waals surface area contributed by atoms with Crippen LogP contribution in [-0.4, -0.2) is 78.4 Å². The van der Waals surface area contributed by atoms with Crippen molar-refractivity contribution in [2.45, 2.75) is 57.7 Å². The Hall–Kier alpha value is -2.50. The van der Waals surface area contributed by atoms with Crippen LogP contribution in [-0.2, 0) is 35.7 Å². The number of rotatable bonds is 9. The van der Waals surface area contributed by atoms with Gasteiger partial charge in [0.05, 0.1) is 18.9 Å². The summed E-state index contributed by atoms with van der Waals surface area (Å²) in [5.74, 6) is -1.68. The van der Waals surface area contributed by atoms with Gasteiger partial charge in [0, 0.05) is 6.54 Å². The van der Waals surface area contributed by atoms with Crippen molar-refractivity contribution >= 4 is 28.0 Å². The van der Waals surface area contributed by atoms with Crippen LogP contribution in [0.4, 0.5) is 0 Å². The topological polar surface area (TPSA) is 150 Å². The molecule has 1 saturated heterocycles. The van der Waals surface area contributed by atoms with E-state index in [1.54, 1.807) is 13.8 Å². The minimum Gasteiger partial charge on any atom is -0.480 e. The summed E-state index contributed by atoms with van der Waals surface area (Å²) in [5, 5.41) is 12.3. The SMILES string of the molecule is CCOC(=O)[C@H](CCc1ccccc1)N[C@@H](C)C(=O)N1CCC[C@H]1C(=O)O.CS(=O)(=O)O.